The third kappa shape index (κ3) is 3.96. The number of hydrogen-bond donors (Lipinski definition) is 0. The fraction of sp³-hybridized carbons (Fsp3) is 0.458. The van der Waals surface area contributed by atoms with Crippen LogP contribution < -0.4 is 9.80 Å². The molecule has 0 unspecified atom stereocenters. The van der Waals surface area contributed by atoms with Gasteiger partial charge < -0.3 is 9.80 Å². The molecule has 6 nitrogen and oxygen atoms in total. The zero-order valence-corrected chi connectivity index (χ0v) is 19.6. The SMILES string of the molecule is CCC(=O)N1c2ccc(S(=O)(=O)N3CCN(c4cc(C)ccc4C)CC3)cc2C[C@H]1C. The molecule has 2 aromatic carbocycles. The molecule has 2 heterocycles. The lowest BCUT2D eigenvalue weighted by Crippen LogP contribution is -2.48. The summed E-state index contributed by atoms with van der Waals surface area (Å²) in [6, 6.07) is 11.7. The molecule has 2 aromatic rings. The Morgan fingerprint density at radius 1 is 1.00 bits per heavy atom. The van der Waals surface area contributed by atoms with Crippen LogP contribution in [-0.4, -0.2) is 50.9 Å². The molecule has 0 aromatic heterocycles. The average Bonchev–Trinajstić information content (AvgIpc) is 3.10. The predicted molar refractivity (Wildman–Crippen MR) is 124 cm³/mol. The molecule has 31 heavy (non-hydrogen) atoms. The van der Waals surface area contributed by atoms with Gasteiger partial charge in [0.2, 0.25) is 15.9 Å². The number of nitrogens with zero attached hydrogens (tertiary/aromatic N) is 3. The van der Waals surface area contributed by atoms with Crippen LogP contribution in [0.25, 0.3) is 0 Å². The van der Waals surface area contributed by atoms with Crippen molar-refractivity contribution in [2.45, 2.75) is 51.5 Å². The van der Waals surface area contributed by atoms with Gasteiger partial charge in [-0.15, -0.1) is 0 Å². The topological polar surface area (TPSA) is 60.9 Å². The van der Waals surface area contributed by atoms with Crippen molar-refractivity contribution in [1.82, 2.24) is 4.31 Å². The summed E-state index contributed by atoms with van der Waals surface area (Å²) in [7, 11) is -3.57. The molecule has 1 amide bonds. The summed E-state index contributed by atoms with van der Waals surface area (Å²) in [6.45, 7) is 10.3. The quantitative estimate of drug-likeness (QED) is 0.729. The van der Waals surface area contributed by atoms with Gasteiger partial charge in [0.1, 0.15) is 0 Å². The average molecular weight is 442 g/mol. The van der Waals surface area contributed by atoms with E-state index in [9.17, 15) is 13.2 Å². The van der Waals surface area contributed by atoms with E-state index in [1.807, 2.05) is 13.8 Å². The van der Waals surface area contributed by atoms with Crippen LogP contribution >= 0.6 is 0 Å². The maximum Gasteiger partial charge on any atom is 0.243 e. The Bertz CT molecular complexity index is 1110. The molecule has 2 aliphatic heterocycles. The largest absolute Gasteiger partial charge is 0.369 e. The molecule has 7 heteroatoms. The maximum atomic E-state index is 13.3. The van der Waals surface area contributed by atoms with Crippen molar-refractivity contribution in [3.05, 3.63) is 53.1 Å². The van der Waals surface area contributed by atoms with E-state index in [4.69, 9.17) is 0 Å². The van der Waals surface area contributed by atoms with Crippen LogP contribution in [0.4, 0.5) is 11.4 Å². The summed E-state index contributed by atoms with van der Waals surface area (Å²) in [6.07, 6.45) is 1.12. The molecule has 0 spiro atoms. The number of rotatable bonds is 4. The minimum atomic E-state index is -3.57. The van der Waals surface area contributed by atoms with Gasteiger partial charge >= 0.3 is 0 Å². The zero-order valence-electron chi connectivity index (χ0n) is 18.8. The second kappa shape index (κ2) is 8.28. The van der Waals surface area contributed by atoms with Crippen molar-refractivity contribution < 1.29 is 13.2 Å². The highest BCUT2D eigenvalue weighted by Crippen LogP contribution is 2.35. The van der Waals surface area contributed by atoms with Crippen LogP contribution in [0.15, 0.2) is 41.3 Å². The number of carbonyl (C=O) groups excluding carboxylic acids is 1. The summed E-state index contributed by atoms with van der Waals surface area (Å²) >= 11 is 0. The van der Waals surface area contributed by atoms with Crippen molar-refractivity contribution in [3.63, 3.8) is 0 Å². The molecule has 0 N–H and O–H groups in total. The number of sulfonamides is 1. The van der Waals surface area contributed by atoms with Gasteiger partial charge in [-0.3, -0.25) is 4.79 Å². The molecule has 1 atom stereocenters. The first-order valence-corrected chi connectivity index (χ1v) is 12.4. The third-order valence-corrected chi connectivity index (χ3v) is 8.31. The number of benzene rings is 2. The Hall–Kier alpha value is -2.38. The summed E-state index contributed by atoms with van der Waals surface area (Å²) < 4.78 is 28.2. The molecule has 4 rings (SSSR count). The summed E-state index contributed by atoms with van der Waals surface area (Å²) in [4.78, 5) is 16.7. The third-order valence-electron chi connectivity index (χ3n) is 6.42. The van der Waals surface area contributed by atoms with Crippen LogP contribution in [0.3, 0.4) is 0 Å². The Morgan fingerprint density at radius 2 is 1.71 bits per heavy atom. The lowest BCUT2D eigenvalue weighted by Gasteiger charge is -2.36. The first-order valence-electron chi connectivity index (χ1n) is 11.0. The smallest absolute Gasteiger partial charge is 0.243 e. The van der Waals surface area contributed by atoms with E-state index in [0.717, 1.165) is 11.3 Å². The molecule has 0 bridgehead atoms. The number of carbonyl (C=O) groups is 1. The standard InChI is InChI=1S/C24H31N3O3S/c1-5-24(28)27-19(4)15-20-16-21(8-9-22(20)27)31(29,30)26-12-10-25(11-13-26)23-14-17(2)6-7-18(23)3/h6-9,14,16,19H,5,10-13,15H2,1-4H3/t19-/m1/s1. The van der Waals surface area contributed by atoms with Gasteiger partial charge in [0, 0.05) is 50.0 Å². The Kier molecular flexibility index (Phi) is 5.83. The summed E-state index contributed by atoms with van der Waals surface area (Å²) in [5.74, 6) is 0.0735. The predicted octanol–water partition coefficient (Wildman–Crippen LogP) is 3.50. The van der Waals surface area contributed by atoms with E-state index in [-0.39, 0.29) is 11.9 Å². The molecule has 2 aliphatic rings. The normalized spacial score (nSPS) is 19.5. The molecule has 0 aliphatic carbocycles. The summed E-state index contributed by atoms with van der Waals surface area (Å²) in [5, 5.41) is 0. The number of anilines is 2. The van der Waals surface area contributed by atoms with Gasteiger partial charge in [0.15, 0.2) is 0 Å². The van der Waals surface area contributed by atoms with Gasteiger partial charge in [-0.05, 0) is 68.1 Å². The summed E-state index contributed by atoms with van der Waals surface area (Å²) in [5.41, 5.74) is 5.38. The van der Waals surface area contributed by atoms with Gasteiger partial charge in [-0.25, -0.2) is 8.42 Å². The number of amides is 1. The number of fused-ring (bicyclic) bond motifs is 1. The van der Waals surface area contributed by atoms with E-state index in [0.29, 0.717) is 43.9 Å². The maximum absolute atomic E-state index is 13.3. The van der Waals surface area contributed by atoms with E-state index < -0.39 is 10.0 Å². The lowest BCUT2D eigenvalue weighted by atomic mass is 10.1. The Balaban J connectivity index is 1.52. The zero-order chi connectivity index (χ0) is 22.3. The van der Waals surface area contributed by atoms with Gasteiger partial charge in [0.25, 0.3) is 0 Å². The number of piperazine rings is 1. The monoisotopic (exact) mass is 441 g/mol. The molecular formula is C24H31N3O3S. The Labute approximate surface area is 185 Å². The van der Waals surface area contributed by atoms with E-state index in [1.54, 1.807) is 27.4 Å². The fourth-order valence-corrected chi connectivity index (χ4v) is 6.17. The molecule has 1 fully saturated rings. The van der Waals surface area contributed by atoms with Crippen LogP contribution in [0.2, 0.25) is 0 Å². The highest BCUT2D eigenvalue weighted by Gasteiger charge is 2.33. The molecule has 1 saturated heterocycles. The lowest BCUT2D eigenvalue weighted by molar-refractivity contribution is -0.118. The van der Waals surface area contributed by atoms with Crippen LogP contribution in [0.5, 0.6) is 0 Å². The van der Waals surface area contributed by atoms with Crippen molar-refractivity contribution >= 4 is 27.3 Å². The number of hydrogen-bond acceptors (Lipinski definition) is 4. The highest BCUT2D eigenvalue weighted by molar-refractivity contribution is 7.89. The van der Waals surface area contributed by atoms with Crippen molar-refractivity contribution in [3.8, 4) is 0 Å². The number of aryl methyl sites for hydroxylation is 2. The van der Waals surface area contributed by atoms with Crippen LogP contribution in [0, 0.1) is 13.8 Å². The van der Waals surface area contributed by atoms with Gasteiger partial charge in [-0.2, -0.15) is 4.31 Å². The minimum Gasteiger partial charge on any atom is -0.369 e. The van der Waals surface area contributed by atoms with E-state index in [1.165, 1.54) is 16.8 Å². The Morgan fingerprint density at radius 3 is 2.39 bits per heavy atom. The first-order chi connectivity index (χ1) is 14.7. The second-order valence-electron chi connectivity index (χ2n) is 8.64. The highest BCUT2D eigenvalue weighted by atomic mass is 32.2. The van der Waals surface area contributed by atoms with Gasteiger partial charge in [-0.1, -0.05) is 19.1 Å². The molecule has 0 radical (unpaired) electrons. The van der Waals surface area contributed by atoms with Crippen LogP contribution in [0.1, 0.15) is 37.0 Å². The van der Waals surface area contributed by atoms with E-state index in [2.05, 4.69) is 36.9 Å². The molecule has 166 valence electrons. The van der Waals surface area contributed by atoms with Crippen molar-refractivity contribution in [1.29, 1.82) is 0 Å². The molecular weight excluding hydrogens is 410 g/mol. The first kappa shape index (κ1) is 21.8. The van der Waals surface area contributed by atoms with Crippen molar-refractivity contribution in [2.75, 3.05) is 36.0 Å². The van der Waals surface area contributed by atoms with E-state index >= 15 is 0 Å². The minimum absolute atomic E-state index is 0.0570. The molecule has 0 saturated carbocycles. The van der Waals surface area contributed by atoms with Gasteiger partial charge in [0.05, 0.1) is 4.90 Å². The van der Waals surface area contributed by atoms with Crippen LogP contribution in [-0.2, 0) is 21.2 Å². The van der Waals surface area contributed by atoms with Crippen molar-refractivity contribution in [2.24, 2.45) is 0 Å². The fourth-order valence-electron chi connectivity index (χ4n) is 4.70. The second-order valence-corrected chi connectivity index (χ2v) is 10.6.